The van der Waals surface area contributed by atoms with Crippen molar-refractivity contribution in [3.63, 3.8) is 0 Å². The van der Waals surface area contributed by atoms with Crippen LogP contribution in [-0.4, -0.2) is 37.1 Å². The molecule has 3 aromatic rings. The Balaban J connectivity index is 0.00000274. The highest BCUT2D eigenvalue weighted by atomic mass is 35.5. The van der Waals surface area contributed by atoms with Gasteiger partial charge in [-0.05, 0) is 60.7 Å². The lowest BCUT2D eigenvalue weighted by atomic mass is 9.92. The Kier molecular flexibility index (Phi) is 7.30. The predicted molar refractivity (Wildman–Crippen MR) is 135 cm³/mol. The first kappa shape index (κ1) is 24.3. The summed E-state index contributed by atoms with van der Waals surface area (Å²) in [6.07, 6.45) is 8.73. The maximum absolute atomic E-state index is 13.0. The molecule has 0 aromatic heterocycles. The highest BCUT2D eigenvalue weighted by Crippen LogP contribution is 2.33. The van der Waals surface area contributed by atoms with Gasteiger partial charge in [0, 0.05) is 16.8 Å². The van der Waals surface area contributed by atoms with E-state index in [1.165, 1.54) is 37.7 Å². The molecule has 5 heteroatoms. The van der Waals surface area contributed by atoms with Gasteiger partial charge in [0.25, 0.3) is 5.91 Å². The zero-order valence-corrected chi connectivity index (χ0v) is 20.8. The molecule has 1 saturated carbocycles. The van der Waals surface area contributed by atoms with Crippen molar-refractivity contribution >= 4 is 28.4 Å². The number of nitrogens with zero attached hydrogens (tertiary/aromatic N) is 1. The average molecular weight is 477 g/mol. The van der Waals surface area contributed by atoms with E-state index in [0.29, 0.717) is 5.57 Å². The number of quaternary nitrogens is 1. The smallest absolute Gasteiger partial charge is 0.255 e. The number of amides is 1. The number of carbonyl (C=O) groups excluding carboxylic acids is 1. The van der Waals surface area contributed by atoms with Gasteiger partial charge in [0.15, 0.2) is 0 Å². The average Bonchev–Trinajstić information content (AvgIpc) is 2.85. The minimum absolute atomic E-state index is 0. The summed E-state index contributed by atoms with van der Waals surface area (Å²) in [5, 5.41) is 5.29. The number of anilines is 1. The number of rotatable bonds is 5. The summed E-state index contributed by atoms with van der Waals surface area (Å²) in [6.45, 7) is 1.30. The van der Waals surface area contributed by atoms with E-state index in [1.807, 2.05) is 36.4 Å². The molecule has 0 saturated heterocycles. The Labute approximate surface area is 208 Å². The number of hydrogen-bond acceptors (Lipinski definition) is 2. The molecule has 0 unspecified atom stereocenters. The third-order valence-electron chi connectivity index (χ3n) is 7.29. The largest absolute Gasteiger partial charge is 1.00 e. The molecule has 178 valence electrons. The molecule has 1 aliphatic carbocycles. The number of carbonyl (C=O) groups is 1. The van der Waals surface area contributed by atoms with Crippen LogP contribution in [0.1, 0.15) is 43.2 Å². The van der Waals surface area contributed by atoms with Crippen molar-refractivity contribution in [2.24, 2.45) is 0 Å². The Hall–Kier alpha value is -2.82. The molecule has 3 aromatic carbocycles. The van der Waals surface area contributed by atoms with Crippen LogP contribution in [0.2, 0.25) is 0 Å². The lowest BCUT2D eigenvalue weighted by Crippen LogP contribution is -3.00. The molecule has 0 atom stereocenters. The standard InChI is InChI=1S/C29H32N2O2.ClH/c1-31(2,25-9-4-3-5-10-25)19-21-12-15-24(16-13-21)30-29(32)23-18-27-26-11-7-6-8-22(26)14-17-28(27)33-20-23;/h6-8,11-18,25H,3-5,9-10,19-20H2,1-2H3;1H. The summed E-state index contributed by atoms with van der Waals surface area (Å²) < 4.78 is 6.93. The van der Waals surface area contributed by atoms with Gasteiger partial charge in [0.05, 0.1) is 25.7 Å². The second kappa shape index (κ2) is 10.2. The second-order valence-electron chi connectivity index (χ2n) is 10.0. The summed E-state index contributed by atoms with van der Waals surface area (Å²) in [6, 6.07) is 21.3. The molecule has 1 fully saturated rings. The third-order valence-corrected chi connectivity index (χ3v) is 7.29. The summed E-state index contributed by atoms with van der Waals surface area (Å²) in [4.78, 5) is 13.0. The summed E-state index contributed by atoms with van der Waals surface area (Å²) in [5.41, 5.74) is 3.74. The minimum Gasteiger partial charge on any atom is -1.00 e. The molecule has 4 nitrogen and oxygen atoms in total. The topological polar surface area (TPSA) is 38.3 Å². The number of halogens is 1. The van der Waals surface area contributed by atoms with Crippen LogP contribution in [0.4, 0.5) is 5.69 Å². The fourth-order valence-electron chi connectivity index (χ4n) is 5.34. The number of hydrogen-bond donors (Lipinski definition) is 1. The van der Waals surface area contributed by atoms with Crippen LogP contribution >= 0.6 is 0 Å². The summed E-state index contributed by atoms with van der Waals surface area (Å²) >= 11 is 0. The molecule has 0 bridgehead atoms. The second-order valence-corrected chi connectivity index (χ2v) is 10.0. The van der Waals surface area contributed by atoms with E-state index in [1.54, 1.807) is 0 Å². The first-order chi connectivity index (χ1) is 16.0. The lowest BCUT2D eigenvalue weighted by Gasteiger charge is -2.40. The van der Waals surface area contributed by atoms with Crippen LogP contribution in [0.25, 0.3) is 16.8 Å². The van der Waals surface area contributed by atoms with Crippen molar-refractivity contribution in [2.75, 3.05) is 26.0 Å². The number of ether oxygens (including phenoxy) is 1. The van der Waals surface area contributed by atoms with E-state index in [-0.39, 0.29) is 24.9 Å². The van der Waals surface area contributed by atoms with Crippen molar-refractivity contribution < 1.29 is 26.4 Å². The number of fused-ring (bicyclic) bond motifs is 3. The molecular formula is C29H33ClN2O2. The zero-order chi connectivity index (χ0) is 22.8. The highest BCUT2D eigenvalue weighted by molar-refractivity contribution is 6.09. The van der Waals surface area contributed by atoms with Gasteiger partial charge in [-0.2, -0.15) is 0 Å². The Morgan fingerprint density at radius 1 is 0.971 bits per heavy atom. The van der Waals surface area contributed by atoms with Crippen LogP contribution in [0, 0.1) is 0 Å². The monoisotopic (exact) mass is 476 g/mol. The van der Waals surface area contributed by atoms with Gasteiger partial charge in [-0.1, -0.05) is 48.9 Å². The molecule has 5 rings (SSSR count). The van der Waals surface area contributed by atoms with Crippen molar-refractivity contribution in [3.8, 4) is 5.75 Å². The molecule has 2 aliphatic rings. The molecule has 1 heterocycles. The van der Waals surface area contributed by atoms with Gasteiger partial charge in [0.1, 0.15) is 18.9 Å². The third kappa shape index (κ3) is 5.13. The van der Waals surface area contributed by atoms with Gasteiger partial charge < -0.3 is 26.9 Å². The zero-order valence-electron chi connectivity index (χ0n) is 20.0. The molecule has 1 amide bonds. The molecule has 1 N–H and O–H groups in total. The minimum atomic E-state index is -0.111. The Morgan fingerprint density at radius 3 is 2.47 bits per heavy atom. The van der Waals surface area contributed by atoms with Crippen molar-refractivity contribution in [3.05, 3.63) is 77.4 Å². The fraction of sp³-hybridized carbons (Fsp3) is 0.345. The van der Waals surface area contributed by atoms with Crippen molar-refractivity contribution in [1.29, 1.82) is 0 Å². The van der Waals surface area contributed by atoms with Crippen LogP contribution < -0.4 is 22.5 Å². The summed E-state index contributed by atoms with van der Waals surface area (Å²) in [7, 11) is 4.70. The molecule has 34 heavy (non-hydrogen) atoms. The van der Waals surface area contributed by atoms with Gasteiger partial charge in [-0.25, -0.2) is 0 Å². The van der Waals surface area contributed by atoms with E-state index in [0.717, 1.165) is 44.8 Å². The molecule has 0 spiro atoms. The molecule has 1 aliphatic heterocycles. The van der Waals surface area contributed by atoms with Gasteiger partial charge in [-0.15, -0.1) is 0 Å². The quantitative estimate of drug-likeness (QED) is 0.574. The van der Waals surface area contributed by atoms with Crippen LogP contribution in [0.5, 0.6) is 5.75 Å². The van der Waals surface area contributed by atoms with E-state index in [2.05, 4.69) is 49.7 Å². The van der Waals surface area contributed by atoms with Crippen molar-refractivity contribution in [2.45, 2.75) is 44.7 Å². The van der Waals surface area contributed by atoms with E-state index < -0.39 is 0 Å². The van der Waals surface area contributed by atoms with Crippen LogP contribution in [0.3, 0.4) is 0 Å². The number of nitrogens with one attached hydrogen (secondary N) is 1. The first-order valence-corrected chi connectivity index (χ1v) is 12.1. The maximum atomic E-state index is 13.0. The number of benzene rings is 3. The molecular weight excluding hydrogens is 444 g/mol. The first-order valence-electron chi connectivity index (χ1n) is 12.1. The summed E-state index contributed by atoms with van der Waals surface area (Å²) in [5.74, 6) is 0.716. The maximum Gasteiger partial charge on any atom is 0.255 e. The van der Waals surface area contributed by atoms with E-state index in [9.17, 15) is 4.79 Å². The van der Waals surface area contributed by atoms with Crippen molar-refractivity contribution in [1.82, 2.24) is 0 Å². The van der Waals surface area contributed by atoms with E-state index in [4.69, 9.17) is 4.74 Å². The SMILES string of the molecule is C[N+](C)(Cc1ccc(NC(=O)C2=Cc3c(ccc4ccccc34)OC2)cc1)C1CCCCC1.[Cl-]. The van der Waals surface area contributed by atoms with Gasteiger partial charge in [-0.3, -0.25) is 4.79 Å². The fourth-order valence-corrected chi connectivity index (χ4v) is 5.34. The normalized spacial score (nSPS) is 16.1. The molecule has 0 radical (unpaired) electrons. The Bertz CT molecular complexity index is 1190. The van der Waals surface area contributed by atoms with Crippen LogP contribution in [0.15, 0.2) is 66.2 Å². The lowest BCUT2D eigenvalue weighted by molar-refractivity contribution is -0.929. The Morgan fingerprint density at radius 2 is 1.71 bits per heavy atom. The predicted octanol–water partition coefficient (Wildman–Crippen LogP) is 3.17. The van der Waals surface area contributed by atoms with Gasteiger partial charge in [0.2, 0.25) is 0 Å². The van der Waals surface area contributed by atoms with Gasteiger partial charge >= 0.3 is 0 Å². The van der Waals surface area contributed by atoms with E-state index >= 15 is 0 Å². The highest BCUT2D eigenvalue weighted by Gasteiger charge is 2.29. The van der Waals surface area contributed by atoms with Crippen LogP contribution in [-0.2, 0) is 11.3 Å².